The zero-order valence-corrected chi connectivity index (χ0v) is 15.9. The van der Waals surface area contributed by atoms with E-state index in [0.29, 0.717) is 12.4 Å². The molecule has 1 amide bonds. The lowest BCUT2D eigenvalue weighted by Crippen LogP contribution is -2.32. The Morgan fingerprint density at radius 2 is 1.92 bits per heavy atom. The first-order valence-corrected chi connectivity index (χ1v) is 8.72. The quantitative estimate of drug-likeness (QED) is 0.646. The second-order valence-corrected chi connectivity index (χ2v) is 7.60. The molecule has 3 rings (SSSR count). The largest absolute Gasteiger partial charge is 0.444 e. The molecule has 0 aliphatic rings. The van der Waals surface area contributed by atoms with Gasteiger partial charge in [-0.1, -0.05) is 28.1 Å². The number of nitrogens with one attached hydrogen (secondary N) is 1. The van der Waals surface area contributed by atoms with Gasteiger partial charge < -0.3 is 14.5 Å². The van der Waals surface area contributed by atoms with Crippen LogP contribution in [0.25, 0.3) is 22.6 Å². The Morgan fingerprint density at radius 1 is 1.20 bits per heavy atom. The molecule has 0 radical (unpaired) electrons. The first-order chi connectivity index (χ1) is 11.8. The van der Waals surface area contributed by atoms with E-state index >= 15 is 0 Å². The molecule has 6 heteroatoms. The van der Waals surface area contributed by atoms with E-state index in [2.05, 4.69) is 26.2 Å². The molecule has 0 aliphatic carbocycles. The second-order valence-electron chi connectivity index (χ2n) is 6.68. The number of hydrogen-bond acceptors (Lipinski definition) is 4. The molecule has 0 atom stereocenters. The van der Waals surface area contributed by atoms with Crippen molar-refractivity contribution in [2.45, 2.75) is 32.9 Å². The van der Waals surface area contributed by atoms with E-state index in [-0.39, 0.29) is 0 Å². The number of halogens is 1. The van der Waals surface area contributed by atoms with Crippen LogP contribution in [0.3, 0.4) is 0 Å². The molecule has 0 aliphatic heterocycles. The molecule has 1 heterocycles. The number of carbonyl (C=O) groups excluding carboxylic acids is 1. The number of rotatable bonds is 3. The van der Waals surface area contributed by atoms with Crippen LogP contribution in [-0.2, 0) is 11.3 Å². The third kappa shape index (κ3) is 4.60. The van der Waals surface area contributed by atoms with Gasteiger partial charge >= 0.3 is 6.09 Å². The van der Waals surface area contributed by atoms with E-state index in [1.165, 1.54) is 0 Å². The normalized spacial score (nSPS) is 11.5. The van der Waals surface area contributed by atoms with Gasteiger partial charge in [0.15, 0.2) is 5.58 Å². The summed E-state index contributed by atoms with van der Waals surface area (Å²) < 4.78 is 12.0. The van der Waals surface area contributed by atoms with Crippen molar-refractivity contribution < 1.29 is 13.9 Å². The molecule has 5 nitrogen and oxygen atoms in total. The maximum Gasteiger partial charge on any atom is 0.407 e. The van der Waals surface area contributed by atoms with E-state index in [1.54, 1.807) is 0 Å². The lowest BCUT2D eigenvalue weighted by Gasteiger charge is -2.19. The summed E-state index contributed by atoms with van der Waals surface area (Å²) in [5.74, 6) is 0.569. The van der Waals surface area contributed by atoms with E-state index in [4.69, 9.17) is 9.15 Å². The van der Waals surface area contributed by atoms with Crippen molar-refractivity contribution in [2.24, 2.45) is 0 Å². The number of hydrogen-bond donors (Lipinski definition) is 1. The van der Waals surface area contributed by atoms with Crippen LogP contribution in [0, 0.1) is 0 Å². The minimum absolute atomic E-state index is 0.399. The summed E-state index contributed by atoms with van der Waals surface area (Å²) in [4.78, 5) is 16.2. The number of ether oxygens (including phenoxy) is 1. The fraction of sp³-hybridized carbons (Fsp3) is 0.263. The van der Waals surface area contributed by atoms with Gasteiger partial charge in [-0.15, -0.1) is 0 Å². The van der Waals surface area contributed by atoms with Gasteiger partial charge in [0.05, 0.1) is 0 Å². The van der Waals surface area contributed by atoms with Crippen molar-refractivity contribution in [3.63, 3.8) is 0 Å². The Balaban J connectivity index is 1.68. The van der Waals surface area contributed by atoms with Crippen molar-refractivity contribution in [3.05, 3.63) is 52.5 Å². The van der Waals surface area contributed by atoms with E-state index in [9.17, 15) is 4.79 Å². The Morgan fingerprint density at radius 3 is 2.60 bits per heavy atom. The van der Waals surface area contributed by atoms with Gasteiger partial charge in [0.25, 0.3) is 0 Å². The predicted molar refractivity (Wildman–Crippen MR) is 100 cm³/mol. The van der Waals surface area contributed by atoms with Crippen LogP contribution in [0.1, 0.15) is 26.3 Å². The van der Waals surface area contributed by atoms with Gasteiger partial charge in [0, 0.05) is 16.6 Å². The van der Waals surface area contributed by atoms with Gasteiger partial charge in [-0.2, -0.15) is 0 Å². The Labute approximate surface area is 154 Å². The van der Waals surface area contributed by atoms with Gasteiger partial charge in [0.2, 0.25) is 5.89 Å². The molecular weight excluding hydrogens is 384 g/mol. The maximum atomic E-state index is 11.7. The third-order valence-electron chi connectivity index (χ3n) is 3.39. The van der Waals surface area contributed by atoms with Crippen LogP contribution in [0.2, 0.25) is 0 Å². The monoisotopic (exact) mass is 402 g/mol. The molecule has 1 N–H and O–H groups in total. The number of amides is 1. The Kier molecular flexibility index (Phi) is 4.81. The topological polar surface area (TPSA) is 64.4 Å². The van der Waals surface area contributed by atoms with Gasteiger partial charge in [-0.3, -0.25) is 0 Å². The molecule has 0 fully saturated rings. The average molecular weight is 403 g/mol. The van der Waals surface area contributed by atoms with Gasteiger partial charge in [0.1, 0.15) is 11.1 Å². The summed E-state index contributed by atoms with van der Waals surface area (Å²) in [6.07, 6.45) is -0.430. The highest BCUT2D eigenvalue weighted by molar-refractivity contribution is 9.10. The number of fused-ring (bicyclic) bond motifs is 1. The van der Waals surface area contributed by atoms with Crippen molar-refractivity contribution in [3.8, 4) is 11.5 Å². The van der Waals surface area contributed by atoms with E-state index < -0.39 is 11.7 Å². The summed E-state index contributed by atoms with van der Waals surface area (Å²) in [6.45, 7) is 5.90. The predicted octanol–water partition coefficient (Wildman–Crippen LogP) is 5.28. The Bertz CT molecular complexity index is 895. The first-order valence-electron chi connectivity index (χ1n) is 7.92. The van der Waals surface area contributed by atoms with Crippen molar-refractivity contribution in [2.75, 3.05) is 0 Å². The van der Waals surface area contributed by atoms with Crippen LogP contribution >= 0.6 is 15.9 Å². The molecule has 0 saturated carbocycles. The molecule has 25 heavy (non-hydrogen) atoms. The average Bonchev–Trinajstić information content (AvgIpc) is 2.95. The summed E-state index contributed by atoms with van der Waals surface area (Å²) in [6, 6.07) is 13.4. The zero-order valence-electron chi connectivity index (χ0n) is 14.3. The first kappa shape index (κ1) is 17.5. The van der Waals surface area contributed by atoms with Crippen molar-refractivity contribution in [1.82, 2.24) is 10.3 Å². The number of carbonyl (C=O) groups is 1. The highest BCUT2D eigenvalue weighted by atomic mass is 79.9. The molecule has 0 unspecified atom stereocenters. The number of benzene rings is 2. The van der Waals surface area contributed by atoms with Gasteiger partial charge in [-0.05, 0) is 56.7 Å². The van der Waals surface area contributed by atoms with Crippen LogP contribution in [0.4, 0.5) is 4.79 Å². The number of aromatic nitrogens is 1. The number of nitrogens with zero attached hydrogens (tertiary/aromatic N) is 1. The smallest absolute Gasteiger partial charge is 0.407 e. The van der Waals surface area contributed by atoms with Crippen molar-refractivity contribution >= 4 is 33.1 Å². The van der Waals surface area contributed by atoms with Crippen LogP contribution < -0.4 is 5.32 Å². The molecule has 130 valence electrons. The van der Waals surface area contributed by atoms with Gasteiger partial charge in [-0.25, -0.2) is 9.78 Å². The third-order valence-corrected chi connectivity index (χ3v) is 3.88. The lowest BCUT2D eigenvalue weighted by atomic mass is 10.1. The molecule has 1 aromatic heterocycles. The summed E-state index contributed by atoms with van der Waals surface area (Å²) in [5.41, 5.74) is 2.89. The standard InChI is InChI=1S/C19H19BrN2O3/c1-19(2,3)25-18(23)21-11-12-4-6-13(7-5-12)17-22-15-10-14(20)8-9-16(15)24-17/h4-10H,11H2,1-3H3,(H,21,23). The summed E-state index contributed by atoms with van der Waals surface area (Å²) in [5, 5.41) is 2.74. The molecule has 0 saturated heterocycles. The summed E-state index contributed by atoms with van der Waals surface area (Å²) >= 11 is 3.43. The molecule has 2 aromatic carbocycles. The second kappa shape index (κ2) is 6.88. The van der Waals surface area contributed by atoms with Crippen LogP contribution in [0.5, 0.6) is 0 Å². The molecule has 3 aromatic rings. The molecule has 0 spiro atoms. The minimum Gasteiger partial charge on any atom is -0.444 e. The van der Waals surface area contributed by atoms with Crippen LogP contribution in [0.15, 0.2) is 51.4 Å². The maximum absolute atomic E-state index is 11.7. The zero-order chi connectivity index (χ0) is 18.0. The minimum atomic E-state index is -0.504. The van der Waals surface area contributed by atoms with E-state index in [0.717, 1.165) is 26.7 Å². The lowest BCUT2D eigenvalue weighted by molar-refractivity contribution is 0.0523. The highest BCUT2D eigenvalue weighted by Crippen LogP contribution is 2.26. The molecule has 0 bridgehead atoms. The Hall–Kier alpha value is -2.34. The molecular formula is C19H19BrN2O3. The number of oxazole rings is 1. The highest BCUT2D eigenvalue weighted by Gasteiger charge is 2.15. The summed E-state index contributed by atoms with van der Waals surface area (Å²) in [7, 11) is 0. The fourth-order valence-electron chi connectivity index (χ4n) is 2.28. The van der Waals surface area contributed by atoms with Crippen molar-refractivity contribution in [1.29, 1.82) is 0 Å². The van der Waals surface area contributed by atoms with E-state index in [1.807, 2.05) is 63.2 Å². The number of alkyl carbamates (subject to hydrolysis) is 1. The van der Waals surface area contributed by atoms with Crippen LogP contribution in [-0.4, -0.2) is 16.7 Å². The fourth-order valence-corrected chi connectivity index (χ4v) is 2.63. The SMILES string of the molecule is CC(C)(C)OC(=O)NCc1ccc(-c2nc3cc(Br)ccc3o2)cc1.